The lowest BCUT2D eigenvalue weighted by Crippen LogP contribution is -2.21. The molecule has 0 bridgehead atoms. The predicted octanol–water partition coefficient (Wildman–Crippen LogP) is 2.38. The number of carbonyl (C=O) groups excluding carboxylic acids is 1. The summed E-state index contributed by atoms with van der Waals surface area (Å²) in [6.07, 6.45) is 7.28. The Kier molecular flexibility index (Phi) is 6.11. The van der Waals surface area contributed by atoms with Crippen molar-refractivity contribution in [2.45, 2.75) is 52.4 Å². The van der Waals surface area contributed by atoms with Crippen LogP contribution in [-0.4, -0.2) is 15.9 Å². The molecule has 0 aromatic carbocycles. The zero-order chi connectivity index (χ0) is 13.4. The largest absolute Gasteiger partial charge is 0.320 e. The number of anilines is 1. The fraction of sp³-hybridized carbons (Fsp3) is 0.615. The number of unbranched alkanes of at least 4 members (excludes halogenated alkanes) is 4. The predicted molar refractivity (Wildman–Crippen MR) is 71.6 cm³/mol. The van der Waals surface area contributed by atoms with Crippen molar-refractivity contribution in [2.75, 3.05) is 5.32 Å². The summed E-state index contributed by atoms with van der Waals surface area (Å²) >= 11 is 0. The van der Waals surface area contributed by atoms with Crippen molar-refractivity contribution >= 4 is 11.6 Å². The van der Waals surface area contributed by atoms with Crippen LogP contribution < -0.4 is 10.9 Å². The third-order valence-electron chi connectivity index (χ3n) is 2.81. The fourth-order valence-electron chi connectivity index (χ4n) is 1.73. The average Bonchev–Trinajstić information content (AvgIpc) is 2.34. The second-order valence-electron chi connectivity index (χ2n) is 4.40. The number of amides is 1. The molecule has 2 N–H and O–H groups in total. The molecule has 0 unspecified atom stereocenters. The van der Waals surface area contributed by atoms with E-state index in [1.54, 1.807) is 6.92 Å². The van der Waals surface area contributed by atoms with E-state index in [1.165, 1.54) is 19.2 Å². The maximum Gasteiger partial charge on any atom is 0.274 e. The van der Waals surface area contributed by atoms with Crippen molar-refractivity contribution in [1.82, 2.24) is 9.97 Å². The molecule has 5 heteroatoms. The number of rotatable bonds is 7. The van der Waals surface area contributed by atoms with Crippen LogP contribution in [0.1, 0.15) is 51.1 Å². The van der Waals surface area contributed by atoms with Gasteiger partial charge in [0.25, 0.3) is 5.56 Å². The van der Waals surface area contributed by atoms with Crippen LogP contribution >= 0.6 is 0 Å². The molecule has 5 nitrogen and oxygen atoms in total. The van der Waals surface area contributed by atoms with Crippen molar-refractivity contribution in [3.05, 3.63) is 22.4 Å². The lowest BCUT2D eigenvalue weighted by atomic mass is 10.1. The summed E-state index contributed by atoms with van der Waals surface area (Å²) in [6.45, 7) is 3.86. The molecule has 1 aromatic heterocycles. The molecule has 0 spiro atoms. The average molecular weight is 251 g/mol. The number of carbonyl (C=O) groups is 1. The van der Waals surface area contributed by atoms with Gasteiger partial charge in [-0.15, -0.1) is 0 Å². The Bertz CT molecular complexity index is 440. The van der Waals surface area contributed by atoms with E-state index in [4.69, 9.17) is 0 Å². The molecule has 0 radical (unpaired) electrons. The smallest absolute Gasteiger partial charge is 0.274 e. The highest BCUT2D eigenvalue weighted by molar-refractivity contribution is 5.90. The molecular weight excluding hydrogens is 230 g/mol. The quantitative estimate of drug-likeness (QED) is 0.730. The standard InChI is InChI=1S/C13H21N3O2/c1-3-4-5-6-7-8-11(17)16-12-10(2)14-9-15-13(12)18/h9H,3-8H2,1-2H3,(H,16,17)(H,14,15,18). The van der Waals surface area contributed by atoms with E-state index in [9.17, 15) is 9.59 Å². The van der Waals surface area contributed by atoms with Gasteiger partial charge in [-0.25, -0.2) is 4.98 Å². The van der Waals surface area contributed by atoms with Crippen LogP contribution in [0.4, 0.5) is 5.69 Å². The van der Waals surface area contributed by atoms with E-state index >= 15 is 0 Å². The van der Waals surface area contributed by atoms with E-state index in [0.717, 1.165) is 19.3 Å². The molecule has 1 rings (SSSR count). The maximum absolute atomic E-state index is 11.7. The van der Waals surface area contributed by atoms with E-state index in [2.05, 4.69) is 22.2 Å². The van der Waals surface area contributed by atoms with Gasteiger partial charge in [0.2, 0.25) is 5.91 Å². The van der Waals surface area contributed by atoms with Gasteiger partial charge in [-0.05, 0) is 13.3 Å². The lowest BCUT2D eigenvalue weighted by Gasteiger charge is -2.06. The number of aromatic amines is 1. The van der Waals surface area contributed by atoms with Crippen LogP contribution in [0.25, 0.3) is 0 Å². The van der Waals surface area contributed by atoms with Crippen LogP contribution in [-0.2, 0) is 4.79 Å². The molecule has 1 heterocycles. The molecule has 18 heavy (non-hydrogen) atoms. The van der Waals surface area contributed by atoms with E-state index in [1.807, 2.05) is 0 Å². The van der Waals surface area contributed by atoms with Gasteiger partial charge >= 0.3 is 0 Å². The van der Waals surface area contributed by atoms with Gasteiger partial charge in [-0.1, -0.05) is 32.6 Å². The van der Waals surface area contributed by atoms with Crippen LogP contribution in [0.3, 0.4) is 0 Å². The van der Waals surface area contributed by atoms with Crippen molar-refractivity contribution in [1.29, 1.82) is 0 Å². The Hall–Kier alpha value is -1.65. The number of aryl methyl sites for hydroxylation is 1. The monoisotopic (exact) mass is 251 g/mol. The van der Waals surface area contributed by atoms with Crippen LogP contribution in [0.15, 0.2) is 11.1 Å². The third-order valence-corrected chi connectivity index (χ3v) is 2.81. The summed E-state index contributed by atoms with van der Waals surface area (Å²) in [4.78, 5) is 29.5. The maximum atomic E-state index is 11.7. The third kappa shape index (κ3) is 4.69. The fourth-order valence-corrected chi connectivity index (χ4v) is 1.73. The minimum Gasteiger partial charge on any atom is -0.320 e. The lowest BCUT2D eigenvalue weighted by molar-refractivity contribution is -0.116. The molecular formula is C13H21N3O2. The van der Waals surface area contributed by atoms with Gasteiger partial charge in [0.1, 0.15) is 5.69 Å². The van der Waals surface area contributed by atoms with Crippen molar-refractivity contribution in [2.24, 2.45) is 0 Å². The minimum atomic E-state index is -0.304. The summed E-state index contributed by atoms with van der Waals surface area (Å²) in [7, 11) is 0. The summed E-state index contributed by atoms with van der Waals surface area (Å²) < 4.78 is 0. The number of hydrogen-bond acceptors (Lipinski definition) is 3. The Balaban J connectivity index is 2.38. The zero-order valence-electron chi connectivity index (χ0n) is 11.1. The molecule has 0 aliphatic heterocycles. The topological polar surface area (TPSA) is 74.8 Å². The summed E-state index contributed by atoms with van der Waals surface area (Å²) in [5.41, 5.74) is 0.496. The van der Waals surface area contributed by atoms with Crippen LogP contribution in [0.5, 0.6) is 0 Å². The number of H-pyrrole nitrogens is 1. The Morgan fingerprint density at radius 1 is 1.33 bits per heavy atom. The number of nitrogens with zero attached hydrogens (tertiary/aromatic N) is 1. The van der Waals surface area contributed by atoms with Crippen molar-refractivity contribution in [3.63, 3.8) is 0 Å². The number of nitrogens with one attached hydrogen (secondary N) is 2. The van der Waals surface area contributed by atoms with Crippen LogP contribution in [0.2, 0.25) is 0 Å². The first kappa shape index (κ1) is 14.4. The Labute approximate surface area is 107 Å². The van der Waals surface area contributed by atoms with E-state index in [-0.39, 0.29) is 17.2 Å². The summed E-state index contributed by atoms with van der Waals surface area (Å²) in [5.74, 6) is -0.118. The van der Waals surface area contributed by atoms with Crippen molar-refractivity contribution < 1.29 is 4.79 Å². The van der Waals surface area contributed by atoms with Gasteiger partial charge in [-0.2, -0.15) is 0 Å². The highest BCUT2D eigenvalue weighted by Gasteiger charge is 2.08. The Morgan fingerprint density at radius 2 is 2.06 bits per heavy atom. The first-order valence-electron chi connectivity index (χ1n) is 6.49. The molecule has 0 aliphatic carbocycles. The first-order valence-corrected chi connectivity index (χ1v) is 6.49. The first-order chi connectivity index (χ1) is 8.65. The highest BCUT2D eigenvalue weighted by atomic mass is 16.2. The molecule has 100 valence electrons. The molecule has 1 amide bonds. The molecule has 0 aliphatic rings. The van der Waals surface area contributed by atoms with Crippen molar-refractivity contribution in [3.8, 4) is 0 Å². The molecule has 0 saturated carbocycles. The second-order valence-corrected chi connectivity index (χ2v) is 4.40. The second kappa shape index (κ2) is 7.63. The van der Waals surface area contributed by atoms with Gasteiger partial charge in [0.15, 0.2) is 0 Å². The summed E-state index contributed by atoms with van der Waals surface area (Å²) in [6, 6.07) is 0. The van der Waals surface area contributed by atoms with E-state index in [0.29, 0.717) is 12.1 Å². The van der Waals surface area contributed by atoms with Gasteiger partial charge in [-0.3, -0.25) is 9.59 Å². The SMILES string of the molecule is CCCCCCCC(=O)Nc1c(C)nc[nH]c1=O. The zero-order valence-corrected chi connectivity index (χ0v) is 11.1. The molecule has 0 saturated heterocycles. The normalized spacial score (nSPS) is 10.3. The van der Waals surface area contributed by atoms with Crippen LogP contribution in [0, 0.1) is 6.92 Å². The number of hydrogen-bond donors (Lipinski definition) is 2. The highest BCUT2D eigenvalue weighted by Crippen LogP contribution is 2.08. The van der Waals surface area contributed by atoms with Gasteiger partial charge < -0.3 is 10.3 Å². The molecule has 0 atom stereocenters. The van der Waals surface area contributed by atoms with E-state index < -0.39 is 0 Å². The summed E-state index contributed by atoms with van der Waals surface area (Å²) in [5, 5.41) is 2.62. The van der Waals surface area contributed by atoms with Gasteiger partial charge in [0, 0.05) is 6.42 Å². The molecule has 1 aromatic rings. The Morgan fingerprint density at radius 3 is 2.72 bits per heavy atom. The molecule has 0 fully saturated rings. The number of aromatic nitrogens is 2. The van der Waals surface area contributed by atoms with Gasteiger partial charge in [0.05, 0.1) is 12.0 Å². The minimum absolute atomic E-state index is 0.118.